The van der Waals surface area contributed by atoms with Crippen molar-refractivity contribution in [2.75, 3.05) is 53.0 Å². The van der Waals surface area contributed by atoms with Crippen molar-refractivity contribution in [2.24, 2.45) is 5.92 Å². The molecule has 0 saturated carbocycles. The highest BCUT2D eigenvalue weighted by molar-refractivity contribution is 5.83. The average molecular weight is 427 g/mol. The summed E-state index contributed by atoms with van der Waals surface area (Å²) in [5.74, 6) is 0.652. The predicted molar refractivity (Wildman–Crippen MR) is 115 cm³/mol. The van der Waals surface area contributed by atoms with E-state index >= 15 is 0 Å². The predicted octanol–water partition coefficient (Wildman–Crippen LogP) is 1.87. The van der Waals surface area contributed by atoms with Crippen molar-refractivity contribution in [3.63, 3.8) is 0 Å². The molecule has 1 atom stereocenters. The van der Waals surface area contributed by atoms with Gasteiger partial charge in [0.05, 0.1) is 25.7 Å². The van der Waals surface area contributed by atoms with Gasteiger partial charge in [0.2, 0.25) is 11.8 Å². The van der Waals surface area contributed by atoms with Crippen LogP contribution in [0.1, 0.15) is 18.6 Å². The van der Waals surface area contributed by atoms with Crippen LogP contribution in [0.15, 0.2) is 40.9 Å². The minimum atomic E-state index is -0.177. The van der Waals surface area contributed by atoms with Crippen LogP contribution in [0.3, 0.4) is 0 Å². The van der Waals surface area contributed by atoms with E-state index in [9.17, 15) is 9.59 Å². The van der Waals surface area contributed by atoms with Crippen LogP contribution in [0.25, 0.3) is 11.3 Å². The lowest BCUT2D eigenvalue weighted by Crippen LogP contribution is -2.49. The summed E-state index contributed by atoms with van der Waals surface area (Å²) in [5, 5.41) is 4.12. The highest BCUT2D eigenvalue weighted by Gasteiger charge is 2.32. The minimum absolute atomic E-state index is 0.0431. The summed E-state index contributed by atoms with van der Waals surface area (Å²) in [5.41, 5.74) is 1.74. The van der Waals surface area contributed by atoms with E-state index in [2.05, 4.69) is 10.1 Å². The fourth-order valence-corrected chi connectivity index (χ4v) is 4.18. The number of rotatable bonds is 7. The molecule has 2 amide bonds. The number of piperidine rings is 1. The van der Waals surface area contributed by atoms with Crippen LogP contribution in [-0.2, 0) is 20.9 Å². The van der Waals surface area contributed by atoms with Gasteiger partial charge in [0.15, 0.2) is 5.76 Å². The molecule has 2 fully saturated rings. The van der Waals surface area contributed by atoms with E-state index in [1.54, 1.807) is 11.9 Å². The zero-order valence-electron chi connectivity index (χ0n) is 18.0. The molecule has 0 N–H and O–H groups in total. The van der Waals surface area contributed by atoms with Crippen molar-refractivity contribution in [3.8, 4) is 11.3 Å². The number of amides is 2. The number of hydrogen-bond donors (Lipinski definition) is 0. The Morgan fingerprint density at radius 3 is 2.74 bits per heavy atom. The summed E-state index contributed by atoms with van der Waals surface area (Å²) in [6.45, 7) is 5.61. The second-order valence-electron chi connectivity index (χ2n) is 8.27. The van der Waals surface area contributed by atoms with Crippen molar-refractivity contribution in [1.82, 2.24) is 19.9 Å². The molecule has 8 heteroatoms. The molecular weight excluding hydrogens is 396 g/mol. The van der Waals surface area contributed by atoms with E-state index in [0.29, 0.717) is 38.2 Å². The van der Waals surface area contributed by atoms with Gasteiger partial charge in [-0.2, -0.15) is 0 Å². The van der Waals surface area contributed by atoms with Crippen LogP contribution in [0.5, 0.6) is 0 Å². The average Bonchev–Trinajstić information content (AvgIpc) is 3.28. The molecule has 31 heavy (non-hydrogen) atoms. The first-order valence-corrected chi connectivity index (χ1v) is 10.9. The Balaban J connectivity index is 1.30. The minimum Gasteiger partial charge on any atom is -0.379 e. The van der Waals surface area contributed by atoms with E-state index in [1.807, 2.05) is 41.3 Å². The highest BCUT2D eigenvalue weighted by atomic mass is 16.5. The zero-order chi connectivity index (χ0) is 21.6. The summed E-state index contributed by atoms with van der Waals surface area (Å²) in [6.07, 6.45) is 1.02. The lowest BCUT2D eigenvalue weighted by Gasteiger charge is -2.35. The molecule has 0 spiro atoms. The molecule has 8 nitrogen and oxygen atoms in total. The van der Waals surface area contributed by atoms with E-state index in [4.69, 9.17) is 9.26 Å². The summed E-state index contributed by atoms with van der Waals surface area (Å²) in [6, 6.07) is 11.7. The Morgan fingerprint density at radius 2 is 1.97 bits per heavy atom. The summed E-state index contributed by atoms with van der Waals surface area (Å²) >= 11 is 0. The molecule has 3 heterocycles. The number of nitrogens with zero attached hydrogens (tertiary/aromatic N) is 4. The Labute approximate surface area is 182 Å². The molecule has 2 aromatic rings. The van der Waals surface area contributed by atoms with Crippen LogP contribution in [0.4, 0.5) is 0 Å². The van der Waals surface area contributed by atoms with Gasteiger partial charge in [-0.3, -0.25) is 14.5 Å². The molecule has 2 aliphatic heterocycles. The van der Waals surface area contributed by atoms with Crippen LogP contribution >= 0.6 is 0 Å². The van der Waals surface area contributed by atoms with E-state index in [1.165, 1.54) is 0 Å². The number of morpholine rings is 1. The third-order valence-corrected chi connectivity index (χ3v) is 6.04. The fraction of sp³-hybridized carbons (Fsp3) is 0.522. The molecule has 0 unspecified atom stereocenters. The second kappa shape index (κ2) is 10.1. The van der Waals surface area contributed by atoms with Crippen LogP contribution in [-0.4, -0.2) is 84.7 Å². The summed E-state index contributed by atoms with van der Waals surface area (Å²) in [4.78, 5) is 31.2. The summed E-state index contributed by atoms with van der Waals surface area (Å²) in [7, 11) is 1.78. The quantitative estimate of drug-likeness (QED) is 0.673. The van der Waals surface area contributed by atoms with Gasteiger partial charge in [-0.15, -0.1) is 0 Å². The van der Waals surface area contributed by atoms with Gasteiger partial charge >= 0.3 is 0 Å². The Hall–Kier alpha value is -2.71. The SMILES string of the molecule is CN(Cc1cc(-c2ccccc2)no1)C(=O)[C@@H]1CCC(=O)N(CCN2CCOCC2)C1. The number of aromatic nitrogens is 1. The Kier molecular flexibility index (Phi) is 6.99. The normalized spacial score (nSPS) is 20.1. The maximum Gasteiger partial charge on any atom is 0.227 e. The largest absolute Gasteiger partial charge is 0.379 e. The third-order valence-electron chi connectivity index (χ3n) is 6.04. The molecule has 2 aliphatic rings. The van der Waals surface area contributed by atoms with Crippen molar-refractivity contribution in [1.29, 1.82) is 0 Å². The molecule has 2 saturated heterocycles. The lowest BCUT2D eigenvalue weighted by molar-refractivity contribution is -0.143. The Bertz CT molecular complexity index is 879. The van der Waals surface area contributed by atoms with Gasteiger partial charge in [0, 0.05) is 57.8 Å². The van der Waals surface area contributed by atoms with E-state index in [0.717, 1.165) is 44.1 Å². The zero-order valence-corrected chi connectivity index (χ0v) is 18.0. The number of carbonyl (C=O) groups is 2. The van der Waals surface area contributed by atoms with Crippen molar-refractivity contribution < 1.29 is 18.8 Å². The third kappa shape index (κ3) is 5.51. The monoisotopic (exact) mass is 426 g/mol. The van der Waals surface area contributed by atoms with Gasteiger partial charge in [-0.25, -0.2) is 0 Å². The molecule has 0 bridgehead atoms. The van der Waals surface area contributed by atoms with Crippen LogP contribution < -0.4 is 0 Å². The molecule has 0 aliphatic carbocycles. The Morgan fingerprint density at radius 1 is 1.19 bits per heavy atom. The highest BCUT2D eigenvalue weighted by Crippen LogP contribution is 2.22. The lowest BCUT2D eigenvalue weighted by atomic mass is 9.96. The topological polar surface area (TPSA) is 79.1 Å². The van der Waals surface area contributed by atoms with Gasteiger partial charge in [0.1, 0.15) is 5.69 Å². The molecule has 0 radical (unpaired) electrons. The number of hydrogen-bond acceptors (Lipinski definition) is 6. The van der Waals surface area contributed by atoms with Crippen LogP contribution in [0, 0.1) is 5.92 Å². The van der Waals surface area contributed by atoms with Crippen molar-refractivity contribution >= 4 is 11.8 Å². The molecule has 1 aromatic heterocycles. The molecule has 1 aromatic carbocycles. The number of ether oxygens (including phenoxy) is 1. The number of carbonyl (C=O) groups excluding carboxylic acids is 2. The summed E-state index contributed by atoms with van der Waals surface area (Å²) < 4.78 is 10.8. The first-order valence-electron chi connectivity index (χ1n) is 10.9. The van der Waals surface area contributed by atoms with Crippen molar-refractivity contribution in [3.05, 3.63) is 42.2 Å². The fourth-order valence-electron chi connectivity index (χ4n) is 4.18. The molecule has 4 rings (SSSR count). The first kappa shape index (κ1) is 21.5. The van der Waals surface area contributed by atoms with Crippen LogP contribution in [0.2, 0.25) is 0 Å². The van der Waals surface area contributed by atoms with Gasteiger partial charge < -0.3 is 19.1 Å². The maximum atomic E-state index is 13.0. The van der Waals surface area contributed by atoms with Gasteiger partial charge in [-0.1, -0.05) is 35.5 Å². The maximum absolute atomic E-state index is 13.0. The van der Waals surface area contributed by atoms with E-state index < -0.39 is 0 Å². The first-order chi connectivity index (χ1) is 15.1. The molecule has 166 valence electrons. The number of likely N-dealkylation sites (tertiary alicyclic amines) is 1. The second-order valence-corrected chi connectivity index (χ2v) is 8.27. The van der Waals surface area contributed by atoms with Gasteiger partial charge in [0.25, 0.3) is 0 Å². The van der Waals surface area contributed by atoms with E-state index in [-0.39, 0.29) is 17.7 Å². The standard InChI is InChI=1S/C23H30N4O4/c1-25(17-20-15-21(24-31-20)18-5-3-2-4-6-18)23(29)19-7-8-22(28)27(16-19)10-9-26-11-13-30-14-12-26/h2-6,15,19H,7-14,16-17H2,1H3/t19-/m1/s1. The molecular formula is C23H30N4O4. The smallest absolute Gasteiger partial charge is 0.227 e. The van der Waals surface area contributed by atoms with Gasteiger partial charge in [-0.05, 0) is 6.42 Å². The number of benzene rings is 1. The van der Waals surface area contributed by atoms with Crippen molar-refractivity contribution in [2.45, 2.75) is 19.4 Å².